The lowest BCUT2D eigenvalue weighted by Gasteiger charge is -2.33. The fraction of sp³-hybridized carbons (Fsp3) is 0.364. The van der Waals surface area contributed by atoms with Crippen LogP contribution in [0.5, 0.6) is 11.5 Å². The van der Waals surface area contributed by atoms with Gasteiger partial charge < -0.3 is 9.84 Å². The summed E-state index contributed by atoms with van der Waals surface area (Å²) < 4.78 is 5.99. The number of nitrogens with zero attached hydrogens (tertiary/aromatic N) is 2. The van der Waals surface area contributed by atoms with Gasteiger partial charge in [0.25, 0.3) is 0 Å². The van der Waals surface area contributed by atoms with E-state index >= 15 is 0 Å². The molecule has 4 rings (SSSR count). The molecule has 2 aliphatic heterocycles. The van der Waals surface area contributed by atoms with Crippen LogP contribution in [0.3, 0.4) is 0 Å². The predicted octanol–water partition coefficient (Wildman–Crippen LogP) is 4.09. The van der Waals surface area contributed by atoms with Crippen molar-refractivity contribution in [3.63, 3.8) is 0 Å². The van der Waals surface area contributed by atoms with Crippen LogP contribution in [0, 0.1) is 6.92 Å². The molecule has 0 bridgehead atoms. The Bertz CT molecular complexity index is 906. The minimum Gasteiger partial charge on any atom is -0.507 e. The van der Waals surface area contributed by atoms with E-state index in [0.717, 1.165) is 30.5 Å². The molecule has 0 unspecified atom stereocenters. The van der Waals surface area contributed by atoms with Gasteiger partial charge in [0.2, 0.25) is 5.78 Å². The van der Waals surface area contributed by atoms with Crippen molar-refractivity contribution in [1.29, 1.82) is 0 Å². The SMILES string of the molecule is Cc1cc(O)c(CN2CCCC[C@H]2C)c2c1C(=O)C(=Cc1cccnc1)O2. The first-order valence-corrected chi connectivity index (χ1v) is 9.48. The van der Waals surface area contributed by atoms with Gasteiger partial charge in [0.05, 0.1) is 11.1 Å². The average molecular weight is 364 g/mol. The number of ether oxygens (including phenoxy) is 1. The summed E-state index contributed by atoms with van der Waals surface area (Å²) in [7, 11) is 0. The van der Waals surface area contributed by atoms with Crippen molar-refractivity contribution in [1.82, 2.24) is 9.88 Å². The van der Waals surface area contributed by atoms with E-state index in [0.29, 0.717) is 29.5 Å². The van der Waals surface area contributed by atoms with E-state index in [1.807, 2.05) is 19.1 Å². The lowest BCUT2D eigenvalue weighted by Crippen LogP contribution is -2.36. The molecule has 1 fully saturated rings. The number of likely N-dealkylation sites (tertiary alicyclic amines) is 1. The predicted molar refractivity (Wildman–Crippen MR) is 104 cm³/mol. The Hall–Kier alpha value is -2.66. The number of Topliss-reactive ketones (excluding diaryl/α,β-unsaturated/α-hetero) is 1. The van der Waals surface area contributed by atoms with Crippen LogP contribution in [0.4, 0.5) is 0 Å². The molecule has 1 atom stereocenters. The number of ketones is 1. The van der Waals surface area contributed by atoms with Crippen LogP contribution in [0.15, 0.2) is 36.4 Å². The molecule has 5 heteroatoms. The number of benzene rings is 1. The minimum absolute atomic E-state index is 0.140. The Morgan fingerprint density at radius 2 is 2.26 bits per heavy atom. The van der Waals surface area contributed by atoms with Gasteiger partial charge in [-0.2, -0.15) is 0 Å². The van der Waals surface area contributed by atoms with Crippen molar-refractivity contribution < 1.29 is 14.6 Å². The van der Waals surface area contributed by atoms with Crippen LogP contribution >= 0.6 is 0 Å². The summed E-state index contributed by atoms with van der Waals surface area (Å²) in [6.07, 6.45) is 8.63. The molecule has 0 saturated carbocycles. The third-order valence-electron chi connectivity index (χ3n) is 5.50. The van der Waals surface area contributed by atoms with E-state index in [9.17, 15) is 9.90 Å². The second-order valence-corrected chi connectivity index (χ2v) is 7.44. The van der Waals surface area contributed by atoms with Gasteiger partial charge in [0.15, 0.2) is 5.76 Å². The highest BCUT2D eigenvalue weighted by atomic mass is 16.5. The van der Waals surface area contributed by atoms with Crippen LogP contribution in [-0.2, 0) is 6.54 Å². The quantitative estimate of drug-likeness (QED) is 0.831. The van der Waals surface area contributed by atoms with Crippen LogP contribution < -0.4 is 4.74 Å². The zero-order valence-electron chi connectivity index (χ0n) is 15.7. The second-order valence-electron chi connectivity index (χ2n) is 7.44. The van der Waals surface area contributed by atoms with E-state index in [4.69, 9.17) is 4.74 Å². The maximum atomic E-state index is 12.9. The number of piperidine rings is 1. The van der Waals surface area contributed by atoms with Crippen molar-refractivity contribution in [2.75, 3.05) is 6.54 Å². The van der Waals surface area contributed by atoms with E-state index in [1.54, 1.807) is 24.5 Å². The highest BCUT2D eigenvalue weighted by molar-refractivity contribution is 6.15. The Labute approximate surface area is 159 Å². The number of rotatable bonds is 3. The number of aromatic nitrogens is 1. The van der Waals surface area contributed by atoms with Crippen molar-refractivity contribution in [2.45, 2.75) is 45.7 Å². The molecule has 1 N–H and O–H groups in total. The molecule has 27 heavy (non-hydrogen) atoms. The van der Waals surface area contributed by atoms with E-state index in [1.165, 1.54) is 6.42 Å². The third-order valence-corrected chi connectivity index (χ3v) is 5.50. The van der Waals surface area contributed by atoms with Gasteiger partial charge in [0, 0.05) is 25.0 Å². The van der Waals surface area contributed by atoms with E-state index in [-0.39, 0.29) is 17.3 Å². The first-order chi connectivity index (χ1) is 13.0. The number of fused-ring (bicyclic) bond motifs is 1. The summed E-state index contributed by atoms with van der Waals surface area (Å²) in [5.41, 5.74) is 2.80. The zero-order chi connectivity index (χ0) is 19.0. The summed E-state index contributed by atoms with van der Waals surface area (Å²) in [4.78, 5) is 19.4. The fourth-order valence-electron chi connectivity index (χ4n) is 3.94. The molecule has 2 aromatic rings. The largest absolute Gasteiger partial charge is 0.507 e. The summed E-state index contributed by atoms with van der Waals surface area (Å²) >= 11 is 0. The summed E-state index contributed by atoms with van der Waals surface area (Å²) in [6, 6.07) is 5.83. The maximum Gasteiger partial charge on any atom is 0.232 e. The number of carbonyl (C=O) groups excluding carboxylic acids is 1. The molecular weight excluding hydrogens is 340 g/mol. The number of aromatic hydroxyl groups is 1. The summed E-state index contributed by atoms with van der Waals surface area (Å²) in [5, 5.41) is 10.6. The highest BCUT2D eigenvalue weighted by Crippen LogP contribution is 2.42. The van der Waals surface area contributed by atoms with Crippen LogP contribution in [0.1, 0.15) is 53.2 Å². The molecule has 1 saturated heterocycles. The molecule has 3 heterocycles. The van der Waals surface area contributed by atoms with Crippen molar-refractivity contribution >= 4 is 11.9 Å². The molecule has 1 aromatic heterocycles. The second kappa shape index (κ2) is 7.16. The molecule has 0 radical (unpaired) electrons. The smallest absolute Gasteiger partial charge is 0.232 e. The van der Waals surface area contributed by atoms with Crippen molar-refractivity contribution in [3.05, 3.63) is 58.6 Å². The number of hydrogen-bond acceptors (Lipinski definition) is 5. The average Bonchev–Trinajstić information content (AvgIpc) is 2.97. The topological polar surface area (TPSA) is 62.7 Å². The number of phenols is 1. The van der Waals surface area contributed by atoms with Gasteiger partial charge in [-0.3, -0.25) is 14.7 Å². The Morgan fingerprint density at radius 3 is 3.00 bits per heavy atom. The molecule has 5 nitrogen and oxygen atoms in total. The first-order valence-electron chi connectivity index (χ1n) is 9.48. The molecule has 0 amide bonds. The van der Waals surface area contributed by atoms with Gasteiger partial charge >= 0.3 is 0 Å². The van der Waals surface area contributed by atoms with Crippen molar-refractivity contribution in [2.24, 2.45) is 0 Å². The number of pyridine rings is 1. The summed E-state index contributed by atoms with van der Waals surface area (Å²) in [5.74, 6) is 0.837. The standard InChI is InChI=1S/C22H24N2O3/c1-14-10-18(25)17(13-24-9-4-3-6-15(24)2)22-20(14)21(26)19(27-22)11-16-7-5-8-23-12-16/h5,7-8,10-12,15,25H,3-4,6,9,13H2,1-2H3/t15-/m1/s1. The Kier molecular flexibility index (Phi) is 4.70. The van der Waals surface area contributed by atoms with Gasteiger partial charge in [-0.25, -0.2) is 0 Å². The number of hydrogen-bond donors (Lipinski definition) is 1. The first kappa shape index (κ1) is 17.7. The molecule has 0 aliphatic carbocycles. The van der Waals surface area contributed by atoms with Gasteiger partial charge in [-0.1, -0.05) is 12.5 Å². The minimum atomic E-state index is -0.140. The number of allylic oxidation sites excluding steroid dienone is 1. The van der Waals surface area contributed by atoms with E-state index in [2.05, 4.69) is 16.8 Å². The van der Waals surface area contributed by atoms with Crippen LogP contribution in [-0.4, -0.2) is 33.4 Å². The zero-order valence-corrected chi connectivity index (χ0v) is 15.7. The van der Waals surface area contributed by atoms with E-state index < -0.39 is 0 Å². The normalized spacial score (nSPS) is 21.3. The number of aryl methyl sites for hydroxylation is 1. The number of carbonyl (C=O) groups is 1. The fourth-order valence-corrected chi connectivity index (χ4v) is 3.94. The van der Waals surface area contributed by atoms with Crippen LogP contribution in [0.2, 0.25) is 0 Å². The van der Waals surface area contributed by atoms with Gasteiger partial charge in [-0.15, -0.1) is 0 Å². The maximum absolute atomic E-state index is 12.9. The lowest BCUT2D eigenvalue weighted by molar-refractivity contribution is 0.101. The molecule has 1 aromatic carbocycles. The molecule has 140 valence electrons. The third kappa shape index (κ3) is 3.35. The Balaban J connectivity index is 1.71. The highest BCUT2D eigenvalue weighted by Gasteiger charge is 2.34. The monoisotopic (exact) mass is 364 g/mol. The lowest BCUT2D eigenvalue weighted by atomic mass is 9.97. The molecular formula is C22H24N2O3. The van der Waals surface area contributed by atoms with Gasteiger partial charge in [-0.05, 0) is 62.6 Å². The summed E-state index contributed by atoms with van der Waals surface area (Å²) in [6.45, 7) is 5.63. The van der Waals surface area contributed by atoms with Gasteiger partial charge in [0.1, 0.15) is 11.5 Å². The molecule has 2 aliphatic rings. The van der Waals surface area contributed by atoms with Crippen molar-refractivity contribution in [3.8, 4) is 11.5 Å². The number of phenolic OH excluding ortho intramolecular Hbond substituents is 1. The van der Waals surface area contributed by atoms with Crippen LogP contribution in [0.25, 0.3) is 6.08 Å². The molecule has 0 spiro atoms. The Morgan fingerprint density at radius 1 is 1.41 bits per heavy atom.